The zero-order chi connectivity index (χ0) is 12.3. The second kappa shape index (κ2) is 4.78. The smallest absolute Gasteiger partial charge is 0.335 e. The number of hydrogen-bond acceptors (Lipinski definition) is 4. The fourth-order valence-corrected chi connectivity index (χ4v) is 1.51. The van der Waals surface area contributed by atoms with Crippen molar-refractivity contribution in [3.63, 3.8) is 0 Å². The number of ether oxygens (including phenoxy) is 1. The van der Waals surface area contributed by atoms with E-state index in [2.05, 4.69) is 16.9 Å². The zero-order valence-electron chi connectivity index (χ0n) is 9.59. The summed E-state index contributed by atoms with van der Waals surface area (Å²) in [6, 6.07) is 7.55. The van der Waals surface area contributed by atoms with Crippen molar-refractivity contribution in [1.29, 1.82) is 0 Å². The normalized spacial score (nSPS) is 10.4. The summed E-state index contributed by atoms with van der Waals surface area (Å²) in [4.78, 5) is 11.4. The Morgan fingerprint density at radius 1 is 1.47 bits per heavy atom. The van der Waals surface area contributed by atoms with Gasteiger partial charge in [-0.05, 0) is 19.1 Å². The van der Waals surface area contributed by atoms with Crippen LogP contribution >= 0.6 is 0 Å². The molecule has 0 fully saturated rings. The molecular weight excluding hydrogens is 218 g/mol. The van der Waals surface area contributed by atoms with Crippen molar-refractivity contribution < 1.29 is 9.53 Å². The molecule has 0 saturated carbocycles. The lowest BCUT2D eigenvalue weighted by Crippen LogP contribution is -2.13. The van der Waals surface area contributed by atoms with Gasteiger partial charge in [-0.1, -0.05) is 23.9 Å². The first-order chi connectivity index (χ1) is 8.22. The van der Waals surface area contributed by atoms with E-state index in [0.717, 1.165) is 11.0 Å². The highest BCUT2D eigenvalue weighted by molar-refractivity contribution is 5.87. The van der Waals surface area contributed by atoms with Gasteiger partial charge in [0.1, 0.15) is 5.52 Å². The van der Waals surface area contributed by atoms with Gasteiger partial charge >= 0.3 is 5.97 Å². The summed E-state index contributed by atoms with van der Waals surface area (Å²) in [6.45, 7) is 6.09. The molecule has 0 aliphatic rings. The number of esters is 1. The Morgan fingerprint density at radius 2 is 2.24 bits per heavy atom. The highest BCUT2D eigenvalue weighted by Gasteiger charge is 2.11. The Bertz CT molecular complexity index is 560. The third kappa shape index (κ3) is 2.33. The third-order valence-corrected chi connectivity index (χ3v) is 2.32. The Balaban J connectivity index is 2.19. The second-order valence-corrected chi connectivity index (χ2v) is 3.56. The quantitative estimate of drug-likeness (QED) is 0.591. The molecule has 2 rings (SSSR count). The van der Waals surface area contributed by atoms with Gasteiger partial charge in [0.25, 0.3) is 0 Å². The first-order valence-corrected chi connectivity index (χ1v) is 5.35. The van der Waals surface area contributed by atoms with Crippen LogP contribution in [0, 0.1) is 0 Å². The molecule has 0 saturated heterocycles. The number of benzene rings is 1. The maximum absolute atomic E-state index is 11.4. The van der Waals surface area contributed by atoms with Crippen molar-refractivity contribution in [2.75, 3.05) is 6.61 Å². The Kier molecular flexibility index (Phi) is 3.18. The molecule has 1 aromatic heterocycles. The van der Waals surface area contributed by atoms with E-state index in [4.69, 9.17) is 4.74 Å². The number of fused-ring (bicyclic) bond motifs is 1. The van der Waals surface area contributed by atoms with E-state index in [-0.39, 0.29) is 0 Å². The van der Waals surface area contributed by atoms with Crippen LogP contribution in [0.3, 0.4) is 0 Å². The molecule has 0 unspecified atom stereocenters. The standard InChI is InChI=1S/C12H13N3O2/c1-3-17-12(16)9(2)8-15-11-7-5-4-6-10(11)13-14-15/h4-7H,2-3,8H2,1H3. The molecule has 5 nitrogen and oxygen atoms in total. The largest absolute Gasteiger partial charge is 0.463 e. The van der Waals surface area contributed by atoms with Gasteiger partial charge < -0.3 is 4.74 Å². The number of nitrogens with zero attached hydrogens (tertiary/aromatic N) is 3. The van der Waals surface area contributed by atoms with Gasteiger partial charge in [-0.15, -0.1) is 5.10 Å². The van der Waals surface area contributed by atoms with Crippen molar-refractivity contribution in [3.05, 3.63) is 36.4 Å². The fourth-order valence-electron chi connectivity index (χ4n) is 1.51. The molecule has 0 aliphatic heterocycles. The minimum absolute atomic E-state index is 0.291. The predicted octanol–water partition coefficient (Wildman–Crippen LogP) is 1.55. The lowest BCUT2D eigenvalue weighted by Gasteiger charge is -2.05. The van der Waals surface area contributed by atoms with E-state index in [0.29, 0.717) is 18.7 Å². The lowest BCUT2D eigenvalue weighted by atomic mass is 10.3. The summed E-state index contributed by atoms with van der Waals surface area (Å²) < 4.78 is 6.50. The van der Waals surface area contributed by atoms with E-state index < -0.39 is 5.97 Å². The van der Waals surface area contributed by atoms with Crippen LogP contribution in [-0.4, -0.2) is 27.6 Å². The zero-order valence-corrected chi connectivity index (χ0v) is 9.59. The van der Waals surface area contributed by atoms with Crippen LogP contribution in [-0.2, 0) is 16.1 Å². The van der Waals surface area contributed by atoms with Gasteiger partial charge in [-0.25, -0.2) is 9.48 Å². The number of rotatable bonds is 4. The molecule has 2 aromatic rings. The first-order valence-electron chi connectivity index (χ1n) is 5.35. The average Bonchev–Trinajstić information content (AvgIpc) is 2.73. The molecule has 0 spiro atoms. The highest BCUT2D eigenvalue weighted by atomic mass is 16.5. The van der Waals surface area contributed by atoms with Crippen LogP contribution < -0.4 is 0 Å². The molecule has 1 aromatic carbocycles. The number of carbonyl (C=O) groups is 1. The van der Waals surface area contributed by atoms with E-state index in [9.17, 15) is 4.79 Å². The molecule has 17 heavy (non-hydrogen) atoms. The van der Waals surface area contributed by atoms with Crippen LogP contribution in [0.25, 0.3) is 11.0 Å². The van der Waals surface area contributed by atoms with Gasteiger partial charge in [-0.2, -0.15) is 0 Å². The van der Waals surface area contributed by atoms with E-state index >= 15 is 0 Å². The molecule has 0 aliphatic carbocycles. The van der Waals surface area contributed by atoms with Crippen molar-refractivity contribution in [3.8, 4) is 0 Å². The molecule has 1 heterocycles. The Labute approximate surface area is 98.7 Å². The van der Waals surface area contributed by atoms with E-state index in [1.165, 1.54) is 0 Å². The third-order valence-electron chi connectivity index (χ3n) is 2.32. The first kappa shape index (κ1) is 11.3. The van der Waals surface area contributed by atoms with Crippen LogP contribution in [0.1, 0.15) is 6.92 Å². The van der Waals surface area contributed by atoms with Crippen molar-refractivity contribution in [2.45, 2.75) is 13.5 Å². The summed E-state index contributed by atoms with van der Waals surface area (Å²) in [6.07, 6.45) is 0. The SMILES string of the molecule is C=C(Cn1nnc2ccccc21)C(=O)OCC. The van der Waals surface area contributed by atoms with Gasteiger partial charge in [0, 0.05) is 0 Å². The Hall–Kier alpha value is -2.17. The maximum atomic E-state index is 11.4. The van der Waals surface area contributed by atoms with Gasteiger partial charge in [0.05, 0.1) is 24.2 Å². The molecule has 0 N–H and O–H groups in total. The van der Waals surface area contributed by atoms with Crippen LogP contribution in [0.4, 0.5) is 0 Å². The topological polar surface area (TPSA) is 57.0 Å². The minimum Gasteiger partial charge on any atom is -0.463 e. The summed E-state index contributed by atoms with van der Waals surface area (Å²) in [5.74, 6) is -0.396. The van der Waals surface area contributed by atoms with Crippen molar-refractivity contribution in [1.82, 2.24) is 15.0 Å². The van der Waals surface area contributed by atoms with Gasteiger partial charge in [-0.3, -0.25) is 0 Å². The van der Waals surface area contributed by atoms with E-state index in [1.54, 1.807) is 11.6 Å². The van der Waals surface area contributed by atoms with Gasteiger partial charge in [0.2, 0.25) is 0 Å². The molecule has 0 bridgehead atoms. The minimum atomic E-state index is -0.396. The average molecular weight is 231 g/mol. The summed E-state index contributed by atoms with van der Waals surface area (Å²) >= 11 is 0. The van der Waals surface area contributed by atoms with Crippen LogP contribution in [0.2, 0.25) is 0 Å². The predicted molar refractivity (Wildman–Crippen MR) is 63.3 cm³/mol. The van der Waals surface area contributed by atoms with Crippen molar-refractivity contribution >= 4 is 17.0 Å². The highest BCUT2D eigenvalue weighted by Crippen LogP contribution is 2.11. The maximum Gasteiger partial charge on any atom is 0.335 e. The van der Waals surface area contributed by atoms with E-state index in [1.807, 2.05) is 24.3 Å². The summed E-state index contributed by atoms with van der Waals surface area (Å²) in [5, 5.41) is 7.97. The number of aromatic nitrogens is 3. The monoisotopic (exact) mass is 231 g/mol. The fraction of sp³-hybridized carbons (Fsp3) is 0.250. The van der Waals surface area contributed by atoms with Gasteiger partial charge in [0.15, 0.2) is 0 Å². The summed E-state index contributed by atoms with van der Waals surface area (Å²) in [7, 11) is 0. The second-order valence-electron chi connectivity index (χ2n) is 3.56. The molecule has 0 atom stereocenters. The molecular formula is C12H13N3O2. The number of para-hydroxylation sites is 1. The molecule has 5 heteroatoms. The van der Waals surface area contributed by atoms with Crippen LogP contribution in [0.5, 0.6) is 0 Å². The molecule has 0 radical (unpaired) electrons. The van der Waals surface area contributed by atoms with Crippen molar-refractivity contribution in [2.24, 2.45) is 0 Å². The molecule has 0 amide bonds. The Morgan fingerprint density at radius 3 is 3.00 bits per heavy atom. The number of carbonyl (C=O) groups excluding carboxylic acids is 1. The number of hydrogen-bond donors (Lipinski definition) is 0. The molecule has 88 valence electrons. The summed E-state index contributed by atoms with van der Waals surface area (Å²) in [5.41, 5.74) is 2.03. The lowest BCUT2D eigenvalue weighted by molar-refractivity contribution is -0.138. The van der Waals surface area contributed by atoms with Crippen LogP contribution in [0.15, 0.2) is 36.4 Å².